The van der Waals surface area contributed by atoms with E-state index in [1.807, 2.05) is 37.3 Å². The first-order valence-corrected chi connectivity index (χ1v) is 8.12. The van der Waals surface area contributed by atoms with Crippen LogP contribution in [0.2, 0.25) is 5.02 Å². The van der Waals surface area contributed by atoms with Crippen molar-refractivity contribution in [2.45, 2.75) is 32.2 Å². The Labute approximate surface area is 146 Å². The molecule has 1 atom stereocenters. The Morgan fingerprint density at radius 2 is 1.92 bits per heavy atom. The topological polar surface area (TPSA) is 66.4 Å². The lowest BCUT2D eigenvalue weighted by Gasteiger charge is -2.18. The van der Waals surface area contributed by atoms with Gasteiger partial charge in [-0.15, -0.1) is 0 Å². The highest BCUT2D eigenvalue weighted by atomic mass is 35.5. The molecule has 0 aromatic heterocycles. The second-order valence-electron chi connectivity index (χ2n) is 5.80. The van der Waals surface area contributed by atoms with Crippen molar-refractivity contribution in [3.05, 3.63) is 70.2 Å². The monoisotopic (exact) mass is 345 g/mol. The molecule has 0 aliphatic carbocycles. The third-order valence-corrected chi connectivity index (χ3v) is 4.00. The molecule has 0 spiro atoms. The molecule has 0 saturated carbocycles. The number of nitrogens with one attached hydrogen (secondary N) is 1. The van der Waals surface area contributed by atoms with Gasteiger partial charge in [-0.25, -0.2) is 0 Å². The average molecular weight is 346 g/mol. The van der Waals surface area contributed by atoms with Gasteiger partial charge in [0.25, 0.3) is 0 Å². The molecule has 2 rings (SSSR count). The maximum atomic E-state index is 12.2. The molecule has 0 bridgehead atoms. The second kappa shape index (κ2) is 8.50. The number of carboxylic acids is 1. The zero-order chi connectivity index (χ0) is 17.5. The first-order valence-electron chi connectivity index (χ1n) is 7.74. The van der Waals surface area contributed by atoms with Crippen molar-refractivity contribution in [3.8, 4) is 0 Å². The number of carbonyl (C=O) groups excluding carboxylic acids is 1. The van der Waals surface area contributed by atoms with Crippen LogP contribution in [0.5, 0.6) is 0 Å². The van der Waals surface area contributed by atoms with E-state index in [4.69, 9.17) is 16.7 Å². The zero-order valence-corrected chi connectivity index (χ0v) is 14.2. The van der Waals surface area contributed by atoms with E-state index in [2.05, 4.69) is 5.32 Å². The Kier molecular flexibility index (Phi) is 6.38. The standard InChI is InChI=1S/C19H20ClNO3/c1-13-5-2-3-7-15(13)11-17(12-19(23)24)21-18(22)10-14-6-4-8-16(20)9-14/h2-9,17H,10-12H2,1H3,(H,21,22)(H,23,24). The normalized spacial score (nSPS) is 11.8. The van der Waals surface area contributed by atoms with Gasteiger partial charge in [0.1, 0.15) is 0 Å². The van der Waals surface area contributed by atoms with E-state index in [0.717, 1.165) is 16.7 Å². The van der Waals surface area contributed by atoms with Crippen LogP contribution >= 0.6 is 11.6 Å². The van der Waals surface area contributed by atoms with E-state index in [0.29, 0.717) is 11.4 Å². The first kappa shape index (κ1) is 18.0. The largest absolute Gasteiger partial charge is 0.481 e. The summed E-state index contributed by atoms with van der Waals surface area (Å²) in [5.74, 6) is -1.14. The molecule has 4 nitrogen and oxygen atoms in total. The molecule has 126 valence electrons. The summed E-state index contributed by atoms with van der Waals surface area (Å²) >= 11 is 5.92. The van der Waals surface area contributed by atoms with Gasteiger partial charge in [0, 0.05) is 11.1 Å². The minimum absolute atomic E-state index is 0.115. The van der Waals surface area contributed by atoms with E-state index >= 15 is 0 Å². The highest BCUT2D eigenvalue weighted by molar-refractivity contribution is 6.30. The summed E-state index contributed by atoms with van der Waals surface area (Å²) in [6.07, 6.45) is 0.542. The predicted molar refractivity (Wildman–Crippen MR) is 94.2 cm³/mol. The molecule has 0 aliphatic rings. The Bertz CT molecular complexity index is 730. The molecule has 0 heterocycles. The van der Waals surface area contributed by atoms with Gasteiger partial charge in [-0.2, -0.15) is 0 Å². The third kappa shape index (κ3) is 5.70. The molecule has 2 aromatic carbocycles. The molecule has 1 amide bonds. The quantitative estimate of drug-likeness (QED) is 0.808. The van der Waals surface area contributed by atoms with Crippen molar-refractivity contribution < 1.29 is 14.7 Å². The van der Waals surface area contributed by atoms with Gasteiger partial charge < -0.3 is 10.4 Å². The molecule has 0 saturated heterocycles. The molecular formula is C19H20ClNO3. The van der Waals surface area contributed by atoms with E-state index in [-0.39, 0.29) is 18.7 Å². The molecule has 2 aromatic rings. The summed E-state index contributed by atoms with van der Waals surface area (Å²) in [6, 6.07) is 14.4. The lowest BCUT2D eigenvalue weighted by molar-refractivity contribution is -0.137. The third-order valence-electron chi connectivity index (χ3n) is 3.77. The van der Waals surface area contributed by atoms with Gasteiger partial charge in [-0.05, 0) is 42.2 Å². The van der Waals surface area contributed by atoms with E-state index < -0.39 is 12.0 Å². The van der Waals surface area contributed by atoms with Crippen LogP contribution in [0.25, 0.3) is 0 Å². The number of carboxylic acid groups (broad SMARTS) is 1. The lowest BCUT2D eigenvalue weighted by atomic mass is 9.99. The summed E-state index contributed by atoms with van der Waals surface area (Å²) in [5.41, 5.74) is 2.91. The maximum absolute atomic E-state index is 12.2. The van der Waals surface area contributed by atoms with Crippen LogP contribution in [0.3, 0.4) is 0 Å². The van der Waals surface area contributed by atoms with Crippen LogP contribution in [-0.4, -0.2) is 23.0 Å². The van der Waals surface area contributed by atoms with Crippen LogP contribution in [0, 0.1) is 6.92 Å². The lowest BCUT2D eigenvalue weighted by Crippen LogP contribution is -2.39. The predicted octanol–water partition coefficient (Wildman–Crippen LogP) is 3.39. The molecule has 2 N–H and O–H groups in total. The smallest absolute Gasteiger partial charge is 0.305 e. The number of amides is 1. The fourth-order valence-electron chi connectivity index (χ4n) is 2.60. The summed E-state index contributed by atoms with van der Waals surface area (Å²) in [7, 11) is 0. The van der Waals surface area contributed by atoms with Crippen molar-refractivity contribution in [1.29, 1.82) is 0 Å². The Hall–Kier alpha value is -2.33. The number of benzene rings is 2. The Balaban J connectivity index is 2.03. The van der Waals surface area contributed by atoms with Crippen LogP contribution in [0.4, 0.5) is 0 Å². The SMILES string of the molecule is Cc1ccccc1CC(CC(=O)O)NC(=O)Cc1cccc(Cl)c1. The number of aryl methyl sites for hydroxylation is 1. The summed E-state index contributed by atoms with van der Waals surface area (Å²) < 4.78 is 0. The van der Waals surface area contributed by atoms with E-state index in [9.17, 15) is 9.59 Å². The summed E-state index contributed by atoms with van der Waals surface area (Å²) in [4.78, 5) is 23.3. The number of hydrogen-bond donors (Lipinski definition) is 2. The highest BCUT2D eigenvalue weighted by Crippen LogP contribution is 2.13. The Morgan fingerprint density at radius 3 is 2.58 bits per heavy atom. The molecule has 24 heavy (non-hydrogen) atoms. The minimum atomic E-state index is -0.934. The molecule has 0 aliphatic heterocycles. The van der Waals surface area contributed by atoms with Crippen molar-refractivity contribution in [2.75, 3.05) is 0 Å². The molecule has 1 unspecified atom stereocenters. The fourth-order valence-corrected chi connectivity index (χ4v) is 2.81. The van der Waals surface area contributed by atoms with Crippen molar-refractivity contribution in [3.63, 3.8) is 0 Å². The minimum Gasteiger partial charge on any atom is -0.481 e. The van der Waals surface area contributed by atoms with E-state index in [1.54, 1.807) is 18.2 Å². The number of rotatable bonds is 7. The van der Waals surface area contributed by atoms with Gasteiger partial charge in [0.05, 0.1) is 12.8 Å². The van der Waals surface area contributed by atoms with Crippen molar-refractivity contribution >= 4 is 23.5 Å². The number of aliphatic carboxylic acids is 1. The van der Waals surface area contributed by atoms with Gasteiger partial charge in [0.2, 0.25) is 5.91 Å². The zero-order valence-electron chi connectivity index (χ0n) is 13.5. The molecular weight excluding hydrogens is 326 g/mol. The first-order chi connectivity index (χ1) is 11.4. The van der Waals surface area contributed by atoms with Crippen LogP contribution in [0.15, 0.2) is 48.5 Å². The molecule has 5 heteroatoms. The number of carbonyl (C=O) groups is 2. The van der Waals surface area contributed by atoms with Crippen LogP contribution in [-0.2, 0) is 22.4 Å². The molecule has 0 fully saturated rings. The van der Waals surface area contributed by atoms with Crippen molar-refractivity contribution in [1.82, 2.24) is 5.32 Å². The van der Waals surface area contributed by atoms with Gasteiger partial charge in [0.15, 0.2) is 0 Å². The number of hydrogen-bond acceptors (Lipinski definition) is 2. The second-order valence-corrected chi connectivity index (χ2v) is 6.24. The van der Waals surface area contributed by atoms with Crippen LogP contribution < -0.4 is 5.32 Å². The van der Waals surface area contributed by atoms with Gasteiger partial charge in [-0.3, -0.25) is 9.59 Å². The summed E-state index contributed by atoms with van der Waals surface area (Å²) in [6.45, 7) is 1.97. The average Bonchev–Trinajstić information content (AvgIpc) is 2.48. The highest BCUT2D eigenvalue weighted by Gasteiger charge is 2.17. The van der Waals surface area contributed by atoms with Crippen LogP contribution in [0.1, 0.15) is 23.1 Å². The fraction of sp³-hybridized carbons (Fsp3) is 0.263. The maximum Gasteiger partial charge on any atom is 0.305 e. The summed E-state index contributed by atoms with van der Waals surface area (Å²) in [5, 5.41) is 12.5. The number of halogens is 1. The van der Waals surface area contributed by atoms with E-state index in [1.165, 1.54) is 0 Å². The van der Waals surface area contributed by atoms with Gasteiger partial charge >= 0.3 is 5.97 Å². The molecule has 0 radical (unpaired) electrons. The van der Waals surface area contributed by atoms with Crippen molar-refractivity contribution in [2.24, 2.45) is 0 Å². The van der Waals surface area contributed by atoms with Gasteiger partial charge in [-0.1, -0.05) is 48.0 Å². The Morgan fingerprint density at radius 1 is 1.17 bits per heavy atom.